The molecular formula is C37H42N2O9. The molecule has 7 rings (SSSR count). The molecule has 48 heavy (non-hydrogen) atoms. The van der Waals surface area contributed by atoms with Gasteiger partial charge in [0.15, 0.2) is 11.5 Å². The zero-order chi connectivity index (χ0) is 34.6. The lowest BCUT2D eigenvalue weighted by Gasteiger charge is -2.56. The number of aliphatic hydroxyl groups excluding tert-OH is 1. The molecule has 11 nitrogen and oxygen atoms in total. The molecule has 2 heterocycles. The molecule has 3 N–H and O–H groups in total. The Balaban J connectivity index is 0.000000151. The molecule has 0 unspecified atom stereocenters. The highest BCUT2D eigenvalue weighted by molar-refractivity contribution is 5.91. The topological polar surface area (TPSA) is 144 Å². The SMILES string of the molecule is CC(=O)Oc1ccccc1C(=O)O.CCOc1ccc(NC(C)=O)cc1.COc1ccc2c3c1O[C@H]1[C@@H](O)C=C[C@H]4[C@@H](C2)N(C)CC[C@@]341. The summed E-state index contributed by atoms with van der Waals surface area (Å²) in [4.78, 5) is 34.3. The third kappa shape index (κ3) is 6.74. The van der Waals surface area contributed by atoms with E-state index in [0.717, 1.165) is 42.3 Å². The number of methoxy groups -OCH3 is 1. The van der Waals surface area contributed by atoms with Gasteiger partial charge in [0.2, 0.25) is 5.91 Å². The van der Waals surface area contributed by atoms with Gasteiger partial charge in [0.05, 0.1) is 13.7 Å². The van der Waals surface area contributed by atoms with Crippen molar-refractivity contribution in [2.24, 2.45) is 5.92 Å². The van der Waals surface area contributed by atoms with Gasteiger partial charge < -0.3 is 39.4 Å². The molecule has 1 amide bonds. The predicted octanol–water partition coefficient (Wildman–Crippen LogP) is 4.85. The van der Waals surface area contributed by atoms with Crippen LogP contribution >= 0.6 is 0 Å². The van der Waals surface area contributed by atoms with Gasteiger partial charge in [0, 0.05) is 42.5 Å². The quantitative estimate of drug-likeness (QED) is 0.191. The fourth-order valence-electron chi connectivity index (χ4n) is 7.28. The molecule has 4 aliphatic rings. The van der Waals surface area contributed by atoms with Crippen molar-refractivity contribution in [1.29, 1.82) is 0 Å². The second-order valence-corrected chi connectivity index (χ2v) is 12.1. The Kier molecular flexibility index (Phi) is 10.4. The third-order valence-corrected chi connectivity index (χ3v) is 9.21. The van der Waals surface area contributed by atoms with Crippen LogP contribution in [0.5, 0.6) is 23.0 Å². The molecular weight excluding hydrogens is 616 g/mol. The maximum Gasteiger partial charge on any atom is 0.339 e. The average molecular weight is 659 g/mol. The molecule has 1 saturated heterocycles. The molecule has 2 aliphatic carbocycles. The fraction of sp³-hybridized carbons (Fsp3) is 0.378. The normalized spacial score (nSPS) is 23.9. The van der Waals surface area contributed by atoms with Crippen LogP contribution in [0.25, 0.3) is 0 Å². The van der Waals surface area contributed by atoms with Crippen molar-refractivity contribution >= 4 is 23.5 Å². The number of hydrogen-bond acceptors (Lipinski definition) is 9. The lowest BCUT2D eigenvalue weighted by molar-refractivity contribution is -0.131. The van der Waals surface area contributed by atoms with Gasteiger partial charge in [-0.1, -0.05) is 30.4 Å². The molecule has 3 aromatic carbocycles. The number of rotatable bonds is 6. The summed E-state index contributed by atoms with van der Waals surface area (Å²) in [7, 11) is 3.91. The maximum absolute atomic E-state index is 10.7. The summed E-state index contributed by atoms with van der Waals surface area (Å²) in [6.07, 6.45) is 5.54. The molecule has 0 aromatic heterocycles. The number of likely N-dealkylation sites (N-methyl/N-ethyl adjacent to an activating group) is 1. The monoisotopic (exact) mass is 658 g/mol. The number of aromatic carboxylic acids is 1. The Morgan fingerprint density at radius 2 is 1.75 bits per heavy atom. The molecule has 1 fully saturated rings. The van der Waals surface area contributed by atoms with Crippen LogP contribution in [0.4, 0.5) is 5.69 Å². The van der Waals surface area contributed by atoms with Gasteiger partial charge in [-0.15, -0.1) is 0 Å². The number of anilines is 1. The first-order valence-corrected chi connectivity index (χ1v) is 15.9. The Hall–Kier alpha value is -4.87. The molecule has 2 bridgehead atoms. The lowest BCUT2D eigenvalue weighted by Crippen LogP contribution is -2.64. The maximum atomic E-state index is 10.7. The number of piperidine rings is 1. The van der Waals surface area contributed by atoms with Gasteiger partial charge in [-0.2, -0.15) is 0 Å². The summed E-state index contributed by atoms with van der Waals surface area (Å²) in [5.41, 5.74) is 3.37. The van der Waals surface area contributed by atoms with Gasteiger partial charge >= 0.3 is 11.9 Å². The molecule has 3 aromatic rings. The number of benzene rings is 3. The summed E-state index contributed by atoms with van der Waals surface area (Å²) in [5, 5.41) is 21.9. The van der Waals surface area contributed by atoms with E-state index in [2.05, 4.69) is 34.1 Å². The van der Waals surface area contributed by atoms with Crippen LogP contribution in [0.2, 0.25) is 0 Å². The van der Waals surface area contributed by atoms with Crippen molar-refractivity contribution in [3.8, 4) is 23.0 Å². The number of carbonyl (C=O) groups is 3. The minimum Gasteiger partial charge on any atom is -0.494 e. The van der Waals surface area contributed by atoms with Gasteiger partial charge in [-0.25, -0.2) is 4.79 Å². The molecule has 11 heteroatoms. The van der Waals surface area contributed by atoms with Crippen LogP contribution in [-0.2, 0) is 21.4 Å². The summed E-state index contributed by atoms with van der Waals surface area (Å²) in [5.74, 6) is 1.26. The summed E-state index contributed by atoms with van der Waals surface area (Å²) >= 11 is 0. The van der Waals surface area contributed by atoms with E-state index in [1.807, 2.05) is 43.3 Å². The smallest absolute Gasteiger partial charge is 0.339 e. The molecule has 5 atom stereocenters. The fourth-order valence-corrected chi connectivity index (χ4v) is 7.28. The second kappa shape index (κ2) is 14.5. The Labute approximate surface area is 280 Å². The van der Waals surface area contributed by atoms with E-state index >= 15 is 0 Å². The highest BCUT2D eigenvalue weighted by atomic mass is 16.5. The first-order valence-electron chi connectivity index (χ1n) is 15.9. The Bertz CT molecular complexity index is 1690. The number of para-hydroxylation sites is 1. The van der Waals surface area contributed by atoms with Crippen LogP contribution < -0.4 is 24.3 Å². The number of hydrogen-bond donors (Lipinski definition) is 3. The van der Waals surface area contributed by atoms with Gasteiger partial charge in [0.25, 0.3) is 0 Å². The third-order valence-electron chi connectivity index (χ3n) is 9.21. The van der Waals surface area contributed by atoms with Crippen LogP contribution in [-0.4, -0.2) is 78.5 Å². The largest absolute Gasteiger partial charge is 0.494 e. The van der Waals surface area contributed by atoms with E-state index < -0.39 is 18.0 Å². The predicted molar refractivity (Wildman–Crippen MR) is 179 cm³/mol. The second-order valence-electron chi connectivity index (χ2n) is 12.1. The number of ether oxygens (including phenoxy) is 4. The Morgan fingerprint density at radius 3 is 2.40 bits per heavy atom. The van der Waals surface area contributed by atoms with Crippen LogP contribution in [0.1, 0.15) is 48.7 Å². The van der Waals surface area contributed by atoms with E-state index in [-0.39, 0.29) is 28.7 Å². The summed E-state index contributed by atoms with van der Waals surface area (Å²) < 4.78 is 21.8. The molecule has 0 saturated carbocycles. The minimum absolute atomic E-state index is 0.0160. The highest BCUT2D eigenvalue weighted by Crippen LogP contribution is 2.62. The Morgan fingerprint density at radius 1 is 1.02 bits per heavy atom. The van der Waals surface area contributed by atoms with E-state index in [0.29, 0.717) is 18.6 Å². The number of amides is 1. The minimum atomic E-state index is -1.11. The van der Waals surface area contributed by atoms with Gasteiger partial charge in [-0.3, -0.25) is 9.59 Å². The molecule has 2 aliphatic heterocycles. The van der Waals surface area contributed by atoms with Crippen LogP contribution in [0.3, 0.4) is 0 Å². The van der Waals surface area contributed by atoms with Crippen molar-refractivity contribution in [3.63, 3.8) is 0 Å². The molecule has 1 spiro atoms. The van der Waals surface area contributed by atoms with Gasteiger partial charge in [-0.05, 0) is 81.4 Å². The zero-order valence-electron chi connectivity index (χ0n) is 27.8. The number of aliphatic hydroxyl groups is 1. The van der Waals surface area contributed by atoms with Crippen molar-refractivity contribution in [1.82, 2.24) is 4.90 Å². The molecule has 254 valence electrons. The number of esters is 1. The summed E-state index contributed by atoms with van der Waals surface area (Å²) in [6, 6.07) is 18.0. The first-order chi connectivity index (χ1) is 23.0. The summed E-state index contributed by atoms with van der Waals surface area (Å²) in [6.45, 7) is 6.34. The van der Waals surface area contributed by atoms with Crippen LogP contribution in [0, 0.1) is 5.92 Å². The van der Waals surface area contributed by atoms with E-state index in [9.17, 15) is 19.5 Å². The van der Waals surface area contributed by atoms with E-state index in [4.69, 9.17) is 19.3 Å². The van der Waals surface area contributed by atoms with Crippen molar-refractivity contribution in [3.05, 3.63) is 89.5 Å². The van der Waals surface area contributed by atoms with Crippen molar-refractivity contribution in [2.75, 3.05) is 32.6 Å². The average Bonchev–Trinajstić information content (AvgIpc) is 3.41. The van der Waals surface area contributed by atoms with Crippen molar-refractivity contribution < 1.29 is 43.5 Å². The lowest BCUT2D eigenvalue weighted by atomic mass is 9.53. The van der Waals surface area contributed by atoms with E-state index in [1.54, 1.807) is 19.2 Å². The number of likely N-dealkylation sites (tertiary alicyclic amines) is 1. The zero-order valence-corrected chi connectivity index (χ0v) is 27.8. The van der Waals surface area contributed by atoms with Gasteiger partial charge in [0.1, 0.15) is 29.3 Å². The number of nitrogens with zero attached hydrogens (tertiary/aromatic N) is 1. The number of carboxylic acid groups (broad SMARTS) is 1. The van der Waals surface area contributed by atoms with Crippen LogP contribution in [0.15, 0.2) is 72.8 Å². The highest BCUT2D eigenvalue weighted by Gasteiger charge is 2.64. The first kappa shape index (κ1) is 34.5. The standard InChI is InChI=1S/C18H21NO3.C10H13NO2.C9H8O4/c1-19-8-7-18-11-4-5-13(20)17(18)22-16-14(21-2)6-3-10(15(16)18)9-12(11)19;1-3-13-10-6-4-9(5-7-10)11-8(2)12;1-6(10)13-8-5-3-2-4-7(8)9(11)12/h3-6,11-13,17,20H,7-9H2,1-2H3;4-7H,3H2,1-2H3,(H,11,12);2-5H,1H3,(H,11,12)/t11-,12+,13-,17-,18-;;/m0../s1. The van der Waals surface area contributed by atoms with E-state index in [1.165, 1.54) is 37.1 Å². The number of carboxylic acids is 1. The number of carbonyl (C=O) groups excluding carboxylic acids is 2. The number of nitrogens with one attached hydrogen (secondary N) is 1. The van der Waals surface area contributed by atoms with Crippen molar-refractivity contribution in [2.45, 2.75) is 57.3 Å². The molecule has 0 radical (unpaired) electrons.